The van der Waals surface area contributed by atoms with E-state index in [1.165, 1.54) is 11.8 Å². The SMILES string of the molecule is CC(C)(C)/C=C1\SC(=S)N(N)C1=O. The maximum Gasteiger partial charge on any atom is 0.280 e. The van der Waals surface area contributed by atoms with Crippen LogP contribution in [0.25, 0.3) is 0 Å². The lowest BCUT2D eigenvalue weighted by Gasteiger charge is -2.12. The number of carbonyl (C=O) groups excluding carboxylic acids is 1. The Kier molecular flexibility index (Phi) is 2.79. The number of nitrogens with zero attached hydrogens (tertiary/aromatic N) is 1. The number of hydrogen-bond acceptors (Lipinski definition) is 4. The smallest absolute Gasteiger partial charge is 0.267 e. The van der Waals surface area contributed by atoms with E-state index in [1.807, 2.05) is 26.8 Å². The van der Waals surface area contributed by atoms with Crippen LogP contribution in [0.1, 0.15) is 20.8 Å². The van der Waals surface area contributed by atoms with Crippen molar-refractivity contribution in [2.24, 2.45) is 11.3 Å². The van der Waals surface area contributed by atoms with Gasteiger partial charge in [0.15, 0.2) is 4.32 Å². The van der Waals surface area contributed by atoms with E-state index >= 15 is 0 Å². The van der Waals surface area contributed by atoms with E-state index in [4.69, 9.17) is 18.1 Å². The third-order valence-electron chi connectivity index (χ3n) is 1.39. The molecule has 3 nitrogen and oxygen atoms in total. The highest BCUT2D eigenvalue weighted by molar-refractivity contribution is 8.26. The zero-order valence-electron chi connectivity index (χ0n) is 7.83. The molecular weight excluding hydrogens is 204 g/mol. The Hall–Kier alpha value is -0.390. The summed E-state index contributed by atoms with van der Waals surface area (Å²) < 4.78 is 0.417. The predicted molar refractivity (Wildman–Crippen MR) is 58.8 cm³/mol. The highest BCUT2D eigenvalue weighted by Crippen LogP contribution is 2.32. The molecule has 1 rings (SSSR count). The number of thiocarbonyl (C=S) groups is 1. The van der Waals surface area contributed by atoms with E-state index in [2.05, 4.69) is 0 Å². The summed E-state index contributed by atoms with van der Waals surface area (Å²) in [5, 5.41) is 1.01. The summed E-state index contributed by atoms with van der Waals surface area (Å²) in [5.74, 6) is 5.21. The Balaban J connectivity index is 2.92. The number of amides is 1. The molecule has 1 saturated heterocycles. The molecule has 0 aliphatic carbocycles. The molecule has 0 bridgehead atoms. The van der Waals surface area contributed by atoms with Gasteiger partial charge in [-0.25, -0.2) is 10.9 Å². The normalized spacial score (nSPS) is 21.8. The first kappa shape index (κ1) is 10.7. The van der Waals surface area contributed by atoms with Gasteiger partial charge in [-0.05, 0) is 5.41 Å². The molecule has 0 spiro atoms. The minimum atomic E-state index is -0.204. The lowest BCUT2D eigenvalue weighted by Crippen LogP contribution is -2.34. The average molecular weight is 216 g/mol. The van der Waals surface area contributed by atoms with Crippen LogP contribution in [0, 0.1) is 5.41 Å². The van der Waals surface area contributed by atoms with Crippen LogP contribution in [-0.2, 0) is 4.79 Å². The molecule has 1 fully saturated rings. The van der Waals surface area contributed by atoms with Gasteiger partial charge in [0.25, 0.3) is 5.91 Å². The third-order valence-corrected chi connectivity index (χ3v) is 2.72. The van der Waals surface area contributed by atoms with Gasteiger partial charge in [0, 0.05) is 0 Å². The molecule has 2 N–H and O–H groups in total. The van der Waals surface area contributed by atoms with E-state index in [0.29, 0.717) is 9.23 Å². The third kappa shape index (κ3) is 2.52. The van der Waals surface area contributed by atoms with Crippen molar-refractivity contribution < 1.29 is 4.79 Å². The van der Waals surface area contributed by atoms with Crippen LogP contribution in [-0.4, -0.2) is 15.2 Å². The fourth-order valence-electron chi connectivity index (χ4n) is 0.873. The van der Waals surface area contributed by atoms with Crippen molar-refractivity contribution in [3.63, 3.8) is 0 Å². The molecule has 0 aromatic rings. The van der Waals surface area contributed by atoms with Crippen LogP contribution in [0.4, 0.5) is 0 Å². The molecule has 72 valence electrons. The summed E-state index contributed by atoms with van der Waals surface area (Å²) in [4.78, 5) is 12.0. The first-order valence-corrected chi connectivity index (χ1v) is 5.07. The van der Waals surface area contributed by atoms with Gasteiger partial charge >= 0.3 is 0 Å². The van der Waals surface area contributed by atoms with Gasteiger partial charge in [-0.1, -0.05) is 50.8 Å². The largest absolute Gasteiger partial charge is 0.280 e. The van der Waals surface area contributed by atoms with Crippen molar-refractivity contribution in [3.05, 3.63) is 11.0 Å². The molecule has 0 radical (unpaired) electrons. The van der Waals surface area contributed by atoms with Crippen molar-refractivity contribution in [2.75, 3.05) is 0 Å². The number of nitrogens with two attached hydrogens (primary N) is 1. The second-order valence-electron chi connectivity index (χ2n) is 3.92. The van der Waals surface area contributed by atoms with Gasteiger partial charge in [-0.15, -0.1) is 0 Å². The number of hydrogen-bond donors (Lipinski definition) is 1. The summed E-state index contributed by atoms with van der Waals surface area (Å²) in [5.41, 5.74) is -0.0290. The number of hydrazine groups is 1. The molecule has 13 heavy (non-hydrogen) atoms. The Labute approximate surface area is 87.3 Å². The monoisotopic (exact) mass is 216 g/mol. The molecule has 0 aromatic carbocycles. The molecule has 1 heterocycles. The second-order valence-corrected chi connectivity index (χ2v) is 5.59. The van der Waals surface area contributed by atoms with Gasteiger partial charge < -0.3 is 0 Å². The number of rotatable bonds is 0. The van der Waals surface area contributed by atoms with Crippen molar-refractivity contribution >= 4 is 34.2 Å². The van der Waals surface area contributed by atoms with E-state index in [1.54, 1.807) is 0 Å². The summed E-state index contributed by atoms with van der Waals surface area (Å²) in [6, 6.07) is 0. The van der Waals surface area contributed by atoms with Gasteiger partial charge in [-0.2, -0.15) is 0 Å². The van der Waals surface area contributed by atoms with Crippen LogP contribution >= 0.6 is 24.0 Å². The van der Waals surface area contributed by atoms with E-state index in [0.717, 1.165) is 5.01 Å². The zero-order chi connectivity index (χ0) is 10.2. The van der Waals surface area contributed by atoms with Crippen LogP contribution in [0.5, 0.6) is 0 Å². The standard InChI is InChI=1S/C8H12N2OS2/c1-8(2,3)4-5-6(11)10(9)7(12)13-5/h4H,9H2,1-3H3/b5-4-. The van der Waals surface area contributed by atoms with Crippen LogP contribution in [0.2, 0.25) is 0 Å². The topological polar surface area (TPSA) is 46.3 Å². The Morgan fingerprint density at radius 1 is 1.54 bits per heavy atom. The van der Waals surface area contributed by atoms with Crippen molar-refractivity contribution in [1.29, 1.82) is 0 Å². The van der Waals surface area contributed by atoms with E-state index < -0.39 is 0 Å². The molecule has 1 amide bonds. The zero-order valence-corrected chi connectivity index (χ0v) is 9.46. The molecule has 0 atom stereocenters. The fourth-order valence-corrected chi connectivity index (χ4v) is 2.19. The Bertz CT molecular complexity index is 291. The number of thioether (sulfide) groups is 1. The molecule has 1 aliphatic heterocycles. The fraction of sp³-hybridized carbons (Fsp3) is 0.500. The van der Waals surface area contributed by atoms with E-state index in [9.17, 15) is 4.79 Å². The minimum Gasteiger partial charge on any atom is -0.267 e. The highest BCUT2D eigenvalue weighted by Gasteiger charge is 2.30. The lowest BCUT2D eigenvalue weighted by molar-refractivity contribution is -0.122. The van der Waals surface area contributed by atoms with Gasteiger partial charge in [0.05, 0.1) is 4.91 Å². The summed E-state index contributed by atoms with van der Waals surface area (Å²) in [6.45, 7) is 6.07. The first-order chi connectivity index (χ1) is 5.81. The Morgan fingerprint density at radius 2 is 2.08 bits per heavy atom. The summed E-state index contributed by atoms with van der Waals surface area (Å²) in [6.07, 6.45) is 1.89. The van der Waals surface area contributed by atoms with E-state index in [-0.39, 0.29) is 11.3 Å². The molecular formula is C8H12N2OS2. The molecule has 0 aromatic heterocycles. The molecule has 0 unspecified atom stereocenters. The minimum absolute atomic E-state index is 0.0290. The first-order valence-electron chi connectivity index (χ1n) is 3.85. The lowest BCUT2D eigenvalue weighted by atomic mass is 9.96. The molecule has 5 heteroatoms. The predicted octanol–water partition coefficient (Wildman–Crippen LogP) is 1.65. The van der Waals surface area contributed by atoms with Crippen LogP contribution in [0.15, 0.2) is 11.0 Å². The maximum absolute atomic E-state index is 11.4. The quantitative estimate of drug-likeness (QED) is 0.289. The number of allylic oxidation sites excluding steroid dienone is 1. The average Bonchev–Trinajstić information content (AvgIpc) is 2.15. The molecule has 1 aliphatic rings. The number of carbonyl (C=O) groups is 1. The van der Waals surface area contributed by atoms with Crippen molar-refractivity contribution in [2.45, 2.75) is 20.8 Å². The van der Waals surface area contributed by atoms with Crippen LogP contribution < -0.4 is 5.84 Å². The van der Waals surface area contributed by atoms with Crippen molar-refractivity contribution in [1.82, 2.24) is 5.01 Å². The van der Waals surface area contributed by atoms with Gasteiger partial charge in [-0.3, -0.25) is 4.79 Å². The van der Waals surface area contributed by atoms with Gasteiger partial charge in [0.1, 0.15) is 0 Å². The van der Waals surface area contributed by atoms with Crippen molar-refractivity contribution in [3.8, 4) is 0 Å². The molecule has 0 saturated carbocycles. The summed E-state index contributed by atoms with van der Waals surface area (Å²) in [7, 11) is 0. The summed E-state index contributed by atoms with van der Waals surface area (Å²) >= 11 is 6.14. The highest BCUT2D eigenvalue weighted by atomic mass is 32.2. The van der Waals surface area contributed by atoms with Gasteiger partial charge in [0.2, 0.25) is 0 Å². The Morgan fingerprint density at radius 3 is 2.38 bits per heavy atom. The second kappa shape index (κ2) is 3.40. The maximum atomic E-state index is 11.4. The van der Waals surface area contributed by atoms with Crippen LogP contribution in [0.3, 0.4) is 0 Å².